The van der Waals surface area contributed by atoms with Crippen molar-refractivity contribution >= 4 is 39.2 Å². The third kappa shape index (κ3) is 2.26. The first-order chi connectivity index (χ1) is 7.18. The molecule has 2 rings (SSSR count). The van der Waals surface area contributed by atoms with Gasteiger partial charge in [0.1, 0.15) is 0 Å². The zero-order valence-corrected chi connectivity index (χ0v) is 10.6. The molecule has 0 radical (unpaired) electrons. The van der Waals surface area contributed by atoms with Gasteiger partial charge in [-0.1, -0.05) is 27.5 Å². The maximum atomic E-state index is 6.20. The molecule has 80 valence electrons. The maximum absolute atomic E-state index is 6.20. The lowest BCUT2D eigenvalue weighted by atomic mass is 10.2. The molecule has 0 aromatic heterocycles. The van der Waals surface area contributed by atoms with Crippen LogP contribution in [0, 0.1) is 6.92 Å². The van der Waals surface area contributed by atoms with Crippen molar-refractivity contribution in [2.75, 3.05) is 18.4 Å². The lowest BCUT2D eigenvalue weighted by Crippen LogP contribution is -2.26. The summed E-state index contributed by atoms with van der Waals surface area (Å²) in [6.45, 7) is 3.67. The van der Waals surface area contributed by atoms with E-state index in [4.69, 9.17) is 11.6 Å². The number of anilines is 1. The minimum absolute atomic E-state index is 0.723. The summed E-state index contributed by atoms with van der Waals surface area (Å²) >= 11 is 9.64. The number of hydrogen-bond acceptors (Lipinski definition) is 3. The van der Waals surface area contributed by atoms with E-state index < -0.39 is 0 Å². The molecule has 0 atom stereocenters. The molecule has 1 aliphatic rings. The summed E-state index contributed by atoms with van der Waals surface area (Å²) in [5.74, 6) is 0.790. The lowest BCUT2D eigenvalue weighted by molar-refractivity contribution is 0.959. The number of halogens is 2. The normalized spacial score (nSPS) is 14.7. The largest absolute Gasteiger partial charge is 0.354 e. The highest BCUT2D eigenvalue weighted by molar-refractivity contribution is 9.10. The van der Waals surface area contributed by atoms with E-state index in [0.29, 0.717) is 0 Å². The molecule has 3 nitrogen and oxygen atoms in total. The summed E-state index contributed by atoms with van der Waals surface area (Å²) in [4.78, 5) is 4.25. The van der Waals surface area contributed by atoms with Crippen molar-refractivity contribution in [3.8, 4) is 0 Å². The minimum Gasteiger partial charge on any atom is -0.354 e. The summed E-state index contributed by atoms with van der Waals surface area (Å²) in [6.07, 6.45) is 0. The molecule has 0 amide bonds. The first kappa shape index (κ1) is 10.8. The molecular formula is C10H11BrClN3. The van der Waals surface area contributed by atoms with Crippen LogP contribution >= 0.6 is 27.5 Å². The van der Waals surface area contributed by atoms with Gasteiger partial charge in [0.05, 0.1) is 17.3 Å². The smallest absolute Gasteiger partial charge is 0.195 e. The van der Waals surface area contributed by atoms with Crippen LogP contribution in [0.1, 0.15) is 5.56 Å². The number of benzene rings is 1. The second kappa shape index (κ2) is 4.41. The summed E-state index contributed by atoms with van der Waals surface area (Å²) in [7, 11) is 0. The number of hydrogen-bond donors (Lipinski definition) is 2. The molecule has 1 heterocycles. The van der Waals surface area contributed by atoms with Gasteiger partial charge in [0.25, 0.3) is 0 Å². The van der Waals surface area contributed by atoms with Crippen LogP contribution in [-0.4, -0.2) is 19.0 Å². The fourth-order valence-corrected chi connectivity index (χ4v) is 2.02. The van der Waals surface area contributed by atoms with Gasteiger partial charge in [-0.25, -0.2) is 0 Å². The molecule has 0 fully saturated rings. The first-order valence-electron chi connectivity index (χ1n) is 4.68. The molecule has 5 heteroatoms. The van der Waals surface area contributed by atoms with Crippen LogP contribution in [0.15, 0.2) is 21.6 Å². The van der Waals surface area contributed by atoms with E-state index in [1.165, 1.54) is 0 Å². The van der Waals surface area contributed by atoms with Crippen molar-refractivity contribution in [1.82, 2.24) is 5.32 Å². The van der Waals surface area contributed by atoms with E-state index >= 15 is 0 Å². The average molecular weight is 289 g/mol. The van der Waals surface area contributed by atoms with Crippen LogP contribution in [-0.2, 0) is 0 Å². The Morgan fingerprint density at radius 1 is 1.53 bits per heavy atom. The number of nitrogens with one attached hydrogen (secondary N) is 2. The standard InChI is InChI=1S/C10H11BrClN3/c1-6-7(11)2-3-8(9(6)12)15-10-13-4-5-14-10/h2-3H,4-5H2,1H3,(H2,13,14,15). The minimum atomic E-state index is 0.723. The van der Waals surface area contributed by atoms with E-state index in [1.54, 1.807) is 0 Å². The molecule has 1 aromatic carbocycles. The highest BCUT2D eigenvalue weighted by atomic mass is 79.9. The van der Waals surface area contributed by atoms with E-state index in [2.05, 4.69) is 31.6 Å². The molecule has 1 aliphatic heterocycles. The highest BCUT2D eigenvalue weighted by Crippen LogP contribution is 2.30. The molecule has 2 N–H and O–H groups in total. The maximum Gasteiger partial charge on any atom is 0.195 e. The first-order valence-corrected chi connectivity index (χ1v) is 5.85. The monoisotopic (exact) mass is 287 g/mol. The van der Waals surface area contributed by atoms with Crippen molar-refractivity contribution in [2.24, 2.45) is 4.99 Å². The SMILES string of the molecule is Cc1c(Br)ccc(NC2=NCCN2)c1Cl. The van der Waals surface area contributed by atoms with Gasteiger partial charge in [-0.05, 0) is 24.6 Å². The van der Waals surface area contributed by atoms with Crippen LogP contribution in [0.25, 0.3) is 0 Å². The molecule has 1 aromatic rings. The van der Waals surface area contributed by atoms with Crippen molar-refractivity contribution in [3.05, 3.63) is 27.2 Å². The Labute approximate surface area is 102 Å². The fraction of sp³-hybridized carbons (Fsp3) is 0.300. The fourth-order valence-electron chi connectivity index (χ4n) is 1.37. The van der Waals surface area contributed by atoms with E-state index in [1.807, 2.05) is 19.1 Å². The Morgan fingerprint density at radius 3 is 3.00 bits per heavy atom. The zero-order chi connectivity index (χ0) is 10.8. The Bertz CT molecular complexity index is 417. The van der Waals surface area contributed by atoms with Crippen molar-refractivity contribution < 1.29 is 0 Å². The van der Waals surface area contributed by atoms with Gasteiger partial charge in [-0.2, -0.15) is 0 Å². The molecule has 0 saturated carbocycles. The third-order valence-electron chi connectivity index (χ3n) is 2.25. The summed E-state index contributed by atoms with van der Waals surface area (Å²) in [5.41, 5.74) is 1.91. The molecule has 0 spiro atoms. The van der Waals surface area contributed by atoms with Crippen LogP contribution in [0.4, 0.5) is 5.69 Å². The van der Waals surface area contributed by atoms with Crippen LogP contribution < -0.4 is 10.6 Å². The number of nitrogens with zero attached hydrogens (tertiary/aromatic N) is 1. The van der Waals surface area contributed by atoms with Crippen molar-refractivity contribution in [1.29, 1.82) is 0 Å². The molecule has 0 unspecified atom stereocenters. The second-order valence-electron chi connectivity index (χ2n) is 3.32. The summed E-state index contributed by atoms with van der Waals surface area (Å²) < 4.78 is 1.01. The predicted molar refractivity (Wildman–Crippen MR) is 67.8 cm³/mol. The van der Waals surface area contributed by atoms with E-state index in [0.717, 1.165) is 39.8 Å². The van der Waals surface area contributed by atoms with Gasteiger partial charge in [0.2, 0.25) is 0 Å². The molecule has 15 heavy (non-hydrogen) atoms. The molecule has 0 bridgehead atoms. The Hall–Kier alpha value is -0.740. The topological polar surface area (TPSA) is 36.4 Å². The van der Waals surface area contributed by atoms with Crippen molar-refractivity contribution in [3.63, 3.8) is 0 Å². The molecule has 0 saturated heterocycles. The van der Waals surface area contributed by atoms with Gasteiger partial charge in [0.15, 0.2) is 5.96 Å². The van der Waals surface area contributed by atoms with Crippen LogP contribution in [0.2, 0.25) is 5.02 Å². The molecular weight excluding hydrogens is 277 g/mol. The quantitative estimate of drug-likeness (QED) is 0.834. The van der Waals surface area contributed by atoms with Gasteiger partial charge in [-0.3, -0.25) is 4.99 Å². The van der Waals surface area contributed by atoms with E-state index in [-0.39, 0.29) is 0 Å². The Morgan fingerprint density at radius 2 is 2.33 bits per heavy atom. The number of rotatable bonds is 1. The summed E-state index contributed by atoms with van der Waals surface area (Å²) in [5, 5.41) is 7.02. The van der Waals surface area contributed by atoms with Crippen LogP contribution in [0.5, 0.6) is 0 Å². The van der Waals surface area contributed by atoms with Gasteiger partial charge in [0, 0.05) is 11.0 Å². The van der Waals surface area contributed by atoms with Gasteiger partial charge in [-0.15, -0.1) is 0 Å². The lowest BCUT2D eigenvalue weighted by Gasteiger charge is -2.11. The Balaban J connectivity index is 2.25. The van der Waals surface area contributed by atoms with Crippen LogP contribution in [0.3, 0.4) is 0 Å². The second-order valence-corrected chi connectivity index (χ2v) is 4.55. The molecule has 0 aliphatic carbocycles. The highest BCUT2D eigenvalue weighted by Gasteiger charge is 2.10. The van der Waals surface area contributed by atoms with Crippen molar-refractivity contribution in [2.45, 2.75) is 6.92 Å². The number of aliphatic imine (C=N–C) groups is 1. The summed E-state index contributed by atoms with van der Waals surface area (Å²) in [6, 6.07) is 3.90. The third-order valence-corrected chi connectivity index (χ3v) is 3.59. The van der Waals surface area contributed by atoms with Gasteiger partial charge >= 0.3 is 0 Å². The average Bonchev–Trinajstić information content (AvgIpc) is 2.72. The zero-order valence-electron chi connectivity index (χ0n) is 8.27. The van der Waals surface area contributed by atoms with E-state index in [9.17, 15) is 0 Å². The Kier molecular flexibility index (Phi) is 3.17. The predicted octanol–water partition coefficient (Wildman–Crippen LogP) is 2.78. The van der Waals surface area contributed by atoms with Gasteiger partial charge < -0.3 is 10.6 Å². The number of guanidine groups is 1.